The number of para-hydroxylation sites is 1. The number of hydrogen-bond donors (Lipinski definition) is 2. The second-order valence-corrected chi connectivity index (χ2v) is 2.56. The first kappa shape index (κ1) is 7.67. The summed E-state index contributed by atoms with van der Waals surface area (Å²) in [7, 11) is 0. The number of aromatic nitrogens is 1. The van der Waals surface area contributed by atoms with Crippen molar-refractivity contribution >= 4 is 17.4 Å². The number of nitrogens with one attached hydrogen (secondary N) is 1. The van der Waals surface area contributed by atoms with Crippen LogP contribution in [0, 0.1) is 0 Å². The predicted octanol–water partition coefficient (Wildman–Crippen LogP) is 1.41. The van der Waals surface area contributed by atoms with Crippen molar-refractivity contribution in [3.05, 3.63) is 24.3 Å². The molecule has 0 aliphatic carbocycles. The molecule has 66 valence electrons. The first-order valence-electron chi connectivity index (χ1n) is 3.73. The van der Waals surface area contributed by atoms with E-state index in [0.717, 1.165) is 5.52 Å². The minimum absolute atomic E-state index is 0.131. The number of carbonyl (C=O) groups is 1. The Hall–Kier alpha value is -1.97. The number of hydrogen-bond acceptors (Lipinski definition) is 3. The van der Waals surface area contributed by atoms with E-state index in [2.05, 4.69) is 9.72 Å². The van der Waals surface area contributed by atoms with Gasteiger partial charge in [0.15, 0.2) is 5.75 Å². The quantitative estimate of drug-likeness (QED) is 0.681. The Bertz CT molecular complexity index is 447. The minimum atomic E-state index is -0.131. The van der Waals surface area contributed by atoms with Gasteiger partial charge < -0.3 is 14.8 Å². The molecule has 4 heteroatoms. The fraction of sp³-hybridized carbons (Fsp3) is 0. The van der Waals surface area contributed by atoms with Crippen LogP contribution in [0.4, 0.5) is 0 Å². The van der Waals surface area contributed by atoms with Gasteiger partial charge in [0, 0.05) is 5.39 Å². The van der Waals surface area contributed by atoms with E-state index in [0.29, 0.717) is 5.39 Å². The molecule has 1 aromatic carbocycles. The number of H-pyrrole nitrogens is 1. The Morgan fingerprint density at radius 1 is 1.38 bits per heavy atom. The summed E-state index contributed by atoms with van der Waals surface area (Å²) in [5.74, 6) is 0.0406. The Labute approximate surface area is 73.8 Å². The number of fused-ring (bicyclic) bond motifs is 1. The maximum absolute atomic E-state index is 10.1. The summed E-state index contributed by atoms with van der Waals surface area (Å²) in [6.45, 7) is 0.287. The number of benzene rings is 1. The average molecular weight is 177 g/mol. The zero-order valence-electron chi connectivity index (χ0n) is 6.65. The van der Waals surface area contributed by atoms with Gasteiger partial charge >= 0.3 is 0 Å². The molecule has 1 heterocycles. The van der Waals surface area contributed by atoms with Gasteiger partial charge in [0.05, 0.1) is 5.52 Å². The molecule has 0 spiro atoms. The number of rotatable bonds is 2. The van der Waals surface area contributed by atoms with Gasteiger partial charge in [0.2, 0.25) is 5.88 Å². The van der Waals surface area contributed by atoms with Crippen LogP contribution in [0.5, 0.6) is 11.6 Å². The Balaban J connectivity index is 2.70. The van der Waals surface area contributed by atoms with Crippen molar-refractivity contribution in [1.29, 1.82) is 0 Å². The Morgan fingerprint density at radius 2 is 2.15 bits per heavy atom. The van der Waals surface area contributed by atoms with Gasteiger partial charge in [-0.15, -0.1) is 0 Å². The van der Waals surface area contributed by atoms with Crippen LogP contribution in [0.3, 0.4) is 0 Å². The summed E-state index contributed by atoms with van der Waals surface area (Å²) in [5, 5.41) is 10.0. The van der Waals surface area contributed by atoms with Crippen LogP contribution in [0.2, 0.25) is 0 Å². The minimum Gasteiger partial charge on any atom is -0.492 e. The second kappa shape index (κ2) is 2.82. The van der Waals surface area contributed by atoms with Crippen LogP contribution in [0.1, 0.15) is 0 Å². The molecule has 0 atom stereocenters. The largest absolute Gasteiger partial charge is 0.492 e. The maximum Gasteiger partial charge on any atom is 0.298 e. The lowest BCUT2D eigenvalue weighted by molar-refractivity contribution is -0.120. The first-order chi connectivity index (χ1) is 6.33. The molecular formula is C9H7NO3. The highest BCUT2D eigenvalue weighted by Gasteiger charge is 2.10. The van der Waals surface area contributed by atoms with Crippen LogP contribution in [0.25, 0.3) is 10.9 Å². The van der Waals surface area contributed by atoms with Crippen LogP contribution in [-0.4, -0.2) is 16.6 Å². The fourth-order valence-corrected chi connectivity index (χ4v) is 1.27. The predicted molar refractivity (Wildman–Crippen MR) is 46.7 cm³/mol. The van der Waals surface area contributed by atoms with E-state index in [1.54, 1.807) is 18.2 Å². The Kier molecular flexibility index (Phi) is 1.66. The molecule has 0 bridgehead atoms. The van der Waals surface area contributed by atoms with Gasteiger partial charge in [-0.25, -0.2) is 0 Å². The van der Waals surface area contributed by atoms with Gasteiger partial charge in [0.25, 0.3) is 6.47 Å². The zero-order chi connectivity index (χ0) is 9.26. The molecule has 0 saturated heterocycles. The standard InChI is InChI=1S/C9H7NO3/c11-5-13-8-6-3-1-2-4-7(6)10-9(8)12/h1-5,10,12H. The molecule has 0 aliphatic heterocycles. The summed E-state index contributed by atoms with van der Waals surface area (Å²) in [6, 6.07) is 7.16. The average Bonchev–Trinajstić information content (AvgIpc) is 2.44. The van der Waals surface area contributed by atoms with E-state index >= 15 is 0 Å². The highest BCUT2D eigenvalue weighted by atomic mass is 16.5. The topological polar surface area (TPSA) is 62.3 Å². The first-order valence-corrected chi connectivity index (χ1v) is 3.73. The van der Waals surface area contributed by atoms with Crippen LogP contribution < -0.4 is 4.74 Å². The van der Waals surface area contributed by atoms with Crippen LogP contribution in [0.15, 0.2) is 24.3 Å². The number of aromatic hydroxyl groups is 1. The van der Waals surface area contributed by atoms with E-state index in [9.17, 15) is 9.90 Å². The fourth-order valence-electron chi connectivity index (χ4n) is 1.27. The van der Waals surface area contributed by atoms with Crippen molar-refractivity contribution in [2.24, 2.45) is 0 Å². The molecule has 0 unspecified atom stereocenters. The normalized spacial score (nSPS) is 10.2. The molecule has 13 heavy (non-hydrogen) atoms. The molecule has 2 N–H and O–H groups in total. The van der Waals surface area contributed by atoms with E-state index in [1.807, 2.05) is 6.07 Å². The van der Waals surface area contributed by atoms with Crippen molar-refractivity contribution in [3.8, 4) is 11.6 Å². The van der Waals surface area contributed by atoms with Crippen LogP contribution in [-0.2, 0) is 4.79 Å². The zero-order valence-corrected chi connectivity index (χ0v) is 6.65. The SMILES string of the molecule is O=COc1c(O)[nH]c2ccccc12. The van der Waals surface area contributed by atoms with Crippen molar-refractivity contribution in [1.82, 2.24) is 4.98 Å². The summed E-state index contributed by atoms with van der Waals surface area (Å²) in [6.07, 6.45) is 0. The lowest BCUT2D eigenvalue weighted by atomic mass is 10.2. The molecule has 2 rings (SSSR count). The molecule has 0 radical (unpaired) electrons. The highest BCUT2D eigenvalue weighted by Crippen LogP contribution is 2.34. The molecule has 0 aliphatic rings. The van der Waals surface area contributed by atoms with E-state index in [4.69, 9.17) is 0 Å². The van der Waals surface area contributed by atoms with E-state index < -0.39 is 0 Å². The van der Waals surface area contributed by atoms with Gasteiger partial charge in [-0.2, -0.15) is 0 Å². The number of ether oxygens (including phenoxy) is 1. The third kappa shape index (κ3) is 1.12. The number of aromatic amines is 1. The summed E-state index contributed by atoms with van der Waals surface area (Å²) in [5.41, 5.74) is 0.733. The van der Waals surface area contributed by atoms with Crippen molar-refractivity contribution < 1.29 is 14.6 Å². The molecule has 0 fully saturated rings. The molecule has 0 amide bonds. The van der Waals surface area contributed by atoms with Crippen molar-refractivity contribution in [3.63, 3.8) is 0 Å². The van der Waals surface area contributed by atoms with Crippen molar-refractivity contribution in [2.75, 3.05) is 0 Å². The summed E-state index contributed by atoms with van der Waals surface area (Å²) >= 11 is 0. The highest BCUT2D eigenvalue weighted by molar-refractivity contribution is 5.89. The molecule has 2 aromatic rings. The second-order valence-electron chi connectivity index (χ2n) is 2.56. The third-order valence-corrected chi connectivity index (χ3v) is 1.81. The van der Waals surface area contributed by atoms with Gasteiger partial charge in [-0.1, -0.05) is 12.1 Å². The van der Waals surface area contributed by atoms with Crippen LogP contribution >= 0.6 is 0 Å². The van der Waals surface area contributed by atoms with E-state index in [-0.39, 0.29) is 18.1 Å². The number of carbonyl (C=O) groups excluding carboxylic acids is 1. The van der Waals surface area contributed by atoms with Gasteiger partial charge in [-0.3, -0.25) is 4.79 Å². The molecular weight excluding hydrogens is 170 g/mol. The molecule has 0 saturated carbocycles. The maximum atomic E-state index is 10.1. The smallest absolute Gasteiger partial charge is 0.298 e. The summed E-state index contributed by atoms with van der Waals surface area (Å²) < 4.78 is 4.63. The lowest BCUT2D eigenvalue weighted by Gasteiger charge is -1.93. The monoisotopic (exact) mass is 177 g/mol. The van der Waals surface area contributed by atoms with Crippen molar-refractivity contribution in [2.45, 2.75) is 0 Å². The van der Waals surface area contributed by atoms with Gasteiger partial charge in [0.1, 0.15) is 0 Å². The third-order valence-electron chi connectivity index (χ3n) is 1.81. The Morgan fingerprint density at radius 3 is 2.92 bits per heavy atom. The molecule has 1 aromatic heterocycles. The molecule has 4 nitrogen and oxygen atoms in total. The summed E-state index contributed by atoms with van der Waals surface area (Å²) in [4.78, 5) is 12.8. The van der Waals surface area contributed by atoms with Gasteiger partial charge in [-0.05, 0) is 12.1 Å². The van der Waals surface area contributed by atoms with E-state index in [1.165, 1.54) is 0 Å². The lowest BCUT2D eigenvalue weighted by Crippen LogP contribution is -1.86.